The molecule has 0 radical (unpaired) electrons. The van der Waals surface area contributed by atoms with Crippen molar-refractivity contribution >= 4 is 17.4 Å². The molecule has 0 unspecified atom stereocenters. The summed E-state index contributed by atoms with van der Waals surface area (Å²) in [6.07, 6.45) is 0. The highest BCUT2D eigenvalue weighted by molar-refractivity contribution is 6.03. The molecule has 7 N–H and O–H groups in total. The molecule has 22 heavy (non-hydrogen) atoms. The molecule has 6 nitrogen and oxygen atoms in total. The lowest BCUT2D eigenvalue weighted by atomic mass is 10.1. The number of rotatable bonds is 4. The van der Waals surface area contributed by atoms with Crippen LogP contribution in [0.2, 0.25) is 0 Å². The number of hydrogen-bond donors (Lipinski definition) is 5. The Morgan fingerprint density at radius 3 is 2.64 bits per heavy atom. The summed E-state index contributed by atoms with van der Waals surface area (Å²) in [7, 11) is 0. The number of hydrogen-bond acceptors (Lipinski definition) is 4. The van der Waals surface area contributed by atoms with Crippen molar-refractivity contribution < 1.29 is 9.90 Å². The first kappa shape index (κ1) is 15.4. The van der Waals surface area contributed by atoms with E-state index < -0.39 is 0 Å². The zero-order valence-corrected chi connectivity index (χ0v) is 12.2. The number of carbonyl (C=O) groups is 1. The van der Waals surface area contributed by atoms with E-state index in [0.29, 0.717) is 23.4 Å². The van der Waals surface area contributed by atoms with E-state index in [9.17, 15) is 9.90 Å². The topological polar surface area (TPSA) is 125 Å². The molecular formula is C16H18N4O2. The molecule has 6 heteroatoms. The molecule has 0 saturated carbocycles. The normalized spacial score (nSPS) is 10.2. The highest BCUT2D eigenvalue weighted by atomic mass is 16.3. The molecular weight excluding hydrogens is 280 g/mol. The molecule has 114 valence electrons. The summed E-state index contributed by atoms with van der Waals surface area (Å²) in [5.74, 6) is -0.270. The zero-order chi connectivity index (χ0) is 16.3. The van der Waals surface area contributed by atoms with Crippen LogP contribution in [-0.4, -0.2) is 16.8 Å². The van der Waals surface area contributed by atoms with Gasteiger partial charge in [-0.2, -0.15) is 0 Å². The average Bonchev–Trinajstić information content (AvgIpc) is 2.46. The third-order valence-electron chi connectivity index (χ3n) is 3.37. The Labute approximate surface area is 128 Å². The fourth-order valence-corrected chi connectivity index (χ4v) is 2.09. The number of carbonyl (C=O) groups excluding carboxylic acids is 1. The molecule has 0 spiro atoms. The molecule has 2 rings (SSSR count). The molecule has 0 saturated heterocycles. The lowest BCUT2D eigenvalue weighted by molar-refractivity contribution is 0.0951. The van der Waals surface area contributed by atoms with Gasteiger partial charge >= 0.3 is 0 Å². The smallest absolute Gasteiger partial charge is 0.251 e. The van der Waals surface area contributed by atoms with Gasteiger partial charge in [-0.1, -0.05) is 6.07 Å². The van der Waals surface area contributed by atoms with Crippen molar-refractivity contribution in [3.63, 3.8) is 0 Å². The molecule has 2 aromatic rings. The summed E-state index contributed by atoms with van der Waals surface area (Å²) in [5.41, 5.74) is 14.0. The highest BCUT2D eigenvalue weighted by Gasteiger charge is 2.10. The zero-order valence-electron chi connectivity index (χ0n) is 12.2. The molecule has 0 bridgehead atoms. The number of benzene rings is 2. The largest absolute Gasteiger partial charge is 0.508 e. The summed E-state index contributed by atoms with van der Waals surface area (Å²) in [6.45, 7) is 2.20. The van der Waals surface area contributed by atoms with Gasteiger partial charge in [0, 0.05) is 23.4 Å². The van der Waals surface area contributed by atoms with E-state index in [1.165, 1.54) is 6.07 Å². The fourth-order valence-electron chi connectivity index (χ4n) is 2.09. The van der Waals surface area contributed by atoms with Crippen LogP contribution in [0.25, 0.3) is 0 Å². The molecule has 2 aromatic carbocycles. The number of anilines is 1. The van der Waals surface area contributed by atoms with Crippen molar-refractivity contribution in [3.05, 3.63) is 58.7 Å². The van der Waals surface area contributed by atoms with Gasteiger partial charge in [-0.25, -0.2) is 0 Å². The van der Waals surface area contributed by atoms with E-state index in [-0.39, 0.29) is 17.5 Å². The second-order valence-electron chi connectivity index (χ2n) is 5.01. The quantitative estimate of drug-likeness (QED) is 0.333. The van der Waals surface area contributed by atoms with Crippen molar-refractivity contribution in [2.75, 3.05) is 5.73 Å². The van der Waals surface area contributed by atoms with Crippen LogP contribution in [0, 0.1) is 12.3 Å². The second-order valence-corrected chi connectivity index (χ2v) is 5.01. The Bertz CT molecular complexity index is 741. The van der Waals surface area contributed by atoms with E-state index in [2.05, 4.69) is 5.32 Å². The second kappa shape index (κ2) is 6.17. The third kappa shape index (κ3) is 3.35. The maximum absolute atomic E-state index is 12.2. The van der Waals surface area contributed by atoms with E-state index in [0.717, 1.165) is 11.1 Å². The monoisotopic (exact) mass is 298 g/mol. The van der Waals surface area contributed by atoms with Crippen molar-refractivity contribution in [1.82, 2.24) is 5.32 Å². The van der Waals surface area contributed by atoms with Crippen molar-refractivity contribution in [2.45, 2.75) is 13.5 Å². The van der Waals surface area contributed by atoms with Gasteiger partial charge in [0.2, 0.25) is 0 Å². The number of aromatic hydroxyl groups is 1. The third-order valence-corrected chi connectivity index (χ3v) is 3.37. The van der Waals surface area contributed by atoms with E-state index >= 15 is 0 Å². The lowest BCUT2D eigenvalue weighted by Gasteiger charge is -2.10. The number of phenols is 1. The van der Waals surface area contributed by atoms with E-state index in [4.69, 9.17) is 16.9 Å². The first-order valence-electron chi connectivity index (χ1n) is 6.69. The Hall–Kier alpha value is -3.02. The van der Waals surface area contributed by atoms with Gasteiger partial charge in [0.15, 0.2) is 0 Å². The van der Waals surface area contributed by atoms with Crippen molar-refractivity contribution in [3.8, 4) is 5.75 Å². The first-order valence-corrected chi connectivity index (χ1v) is 6.69. The van der Waals surface area contributed by atoms with E-state index in [1.807, 2.05) is 6.92 Å². The number of nitrogen functional groups attached to an aromatic ring is 2. The number of aryl methyl sites for hydroxylation is 1. The minimum absolute atomic E-state index is 0.179. The van der Waals surface area contributed by atoms with Crippen LogP contribution in [0.5, 0.6) is 5.75 Å². The number of nitrogens with two attached hydrogens (primary N) is 2. The number of amidine groups is 1. The summed E-state index contributed by atoms with van der Waals surface area (Å²) in [6, 6.07) is 9.61. The van der Waals surface area contributed by atoms with Gasteiger partial charge in [0.25, 0.3) is 5.91 Å². The van der Waals surface area contributed by atoms with Crippen LogP contribution in [-0.2, 0) is 6.54 Å². The van der Waals surface area contributed by atoms with Crippen LogP contribution in [0.1, 0.15) is 27.0 Å². The number of nitrogens with one attached hydrogen (secondary N) is 2. The van der Waals surface area contributed by atoms with Crippen LogP contribution in [0.15, 0.2) is 36.4 Å². The average molecular weight is 298 g/mol. The summed E-state index contributed by atoms with van der Waals surface area (Å²) in [4.78, 5) is 12.2. The minimum atomic E-state index is -0.282. The molecule has 0 aromatic heterocycles. The lowest BCUT2D eigenvalue weighted by Crippen LogP contribution is -2.24. The fraction of sp³-hybridized carbons (Fsp3) is 0.125. The molecule has 0 heterocycles. The van der Waals surface area contributed by atoms with Crippen LogP contribution in [0.3, 0.4) is 0 Å². The summed E-state index contributed by atoms with van der Waals surface area (Å²) < 4.78 is 0. The minimum Gasteiger partial charge on any atom is -0.508 e. The molecule has 0 fully saturated rings. The maximum Gasteiger partial charge on any atom is 0.251 e. The summed E-state index contributed by atoms with van der Waals surface area (Å²) in [5, 5.41) is 19.6. The molecule has 0 aliphatic rings. The highest BCUT2D eigenvalue weighted by Crippen LogP contribution is 2.16. The first-order chi connectivity index (χ1) is 10.4. The standard InChI is InChI=1S/C16H18N4O2/c1-9-6-12(21)4-2-11(9)8-20-16(22)10-3-5-14(17)13(7-10)15(18)19/h2-7,21H,8,17H2,1H3,(H3,18,19)(H,20,22). The van der Waals surface area contributed by atoms with Gasteiger partial charge in [-0.15, -0.1) is 0 Å². The van der Waals surface area contributed by atoms with Crippen LogP contribution in [0.4, 0.5) is 5.69 Å². The molecule has 1 amide bonds. The van der Waals surface area contributed by atoms with Crippen LogP contribution < -0.4 is 16.8 Å². The van der Waals surface area contributed by atoms with Gasteiger partial charge in [0.05, 0.1) is 0 Å². The van der Waals surface area contributed by atoms with E-state index in [1.54, 1.807) is 30.3 Å². The van der Waals surface area contributed by atoms with Gasteiger partial charge in [-0.05, 0) is 48.4 Å². The predicted octanol–water partition coefficient (Wildman–Crippen LogP) is 1.50. The number of amides is 1. The molecule has 0 aliphatic heterocycles. The van der Waals surface area contributed by atoms with Crippen molar-refractivity contribution in [1.29, 1.82) is 5.41 Å². The molecule has 0 atom stereocenters. The SMILES string of the molecule is Cc1cc(O)ccc1CNC(=O)c1ccc(N)c(C(=N)N)c1. The summed E-state index contributed by atoms with van der Waals surface area (Å²) >= 11 is 0. The Morgan fingerprint density at radius 1 is 1.27 bits per heavy atom. The van der Waals surface area contributed by atoms with Crippen molar-refractivity contribution in [2.24, 2.45) is 5.73 Å². The molecule has 0 aliphatic carbocycles. The van der Waals surface area contributed by atoms with Gasteiger partial charge in [-0.3, -0.25) is 10.2 Å². The van der Waals surface area contributed by atoms with Crippen LogP contribution >= 0.6 is 0 Å². The Balaban J connectivity index is 2.12. The maximum atomic E-state index is 12.2. The number of phenolic OH excluding ortho intramolecular Hbond substituents is 1. The predicted molar refractivity (Wildman–Crippen MR) is 85.9 cm³/mol. The Morgan fingerprint density at radius 2 is 2.00 bits per heavy atom. The Kier molecular flexibility index (Phi) is 4.31. The van der Waals surface area contributed by atoms with Gasteiger partial charge < -0.3 is 21.9 Å². The van der Waals surface area contributed by atoms with Gasteiger partial charge in [0.1, 0.15) is 11.6 Å².